The molecule has 1 aliphatic carbocycles. The molecule has 2 nitrogen and oxygen atoms in total. The first-order chi connectivity index (χ1) is 29.5. The average Bonchev–Trinajstić information content (AvgIpc) is 4.01. The second-order valence-corrected chi connectivity index (χ2v) is 18.0. The van der Waals surface area contributed by atoms with Crippen LogP contribution in [0.3, 0.4) is 0 Å². The number of thiophene rings is 1. The second-order valence-electron chi connectivity index (χ2n) is 16.9. The van der Waals surface area contributed by atoms with Gasteiger partial charge in [-0.3, -0.25) is 0 Å². The molecule has 3 aromatic heterocycles. The summed E-state index contributed by atoms with van der Waals surface area (Å²) in [5.41, 5.74) is 17.6. The molecule has 0 N–H and O–H groups in total. The van der Waals surface area contributed by atoms with Crippen molar-refractivity contribution in [3.05, 3.63) is 205 Å². The topological polar surface area (TPSA) is 9.86 Å². The van der Waals surface area contributed by atoms with Crippen molar-refractivity contribution in [3.8, 4) is 44.8 Å². The zero-order valence-electron chi connectivity index (χ0n) is 33.3. The minimum Gasteiger partial charge on any atom is -0.309 e. The maximum Gasteiger partial charge on any atom is 0.0547 e. The van der Waals surface area contributed by atoms with Crippen molar-refractivity contribution < 1.29 is 0 Å². The number of hydrogen-bond donors (Lipinski definition) is 0. The van der Waals surface area contributed by atoms with Gasteiger partial charge in [0.15, 0.2) is 0 Å². The summed E-state index contributed by atoms with van der Waals surface area (Å²) in [6.07, 6.45) is 0. The number of para-hydroxylation sites is 3. The van der Waals surface area contributed by atoms with E-state index in [-0.39, 0.29) is 5.41 Å². The van der Waals surface area contributed by atoms with Gasteiger partial charge >= 0.3 is 0 Å². The van der Waals surface area contributed by atoms with Crippen molar-refractivity contribution in [2.24, 2.45) is 0 Å². The van der Waals surface area contributed by atoms with Crippen molar-refractivity contribution >= 4 is 75.1 Å². The molecule has 12 aromatic rings. The molecule has 0 spiro atoms. The maximum absolute atomic E-state index is 2.47. The van der Waals surface area contributed by atoms with Gasteiger partial charge in [-0.1, -0.05) is 141 Å². The van der Waals surface area contributed by atoms with Crippen LogP contribution in [0.5, 0.6) is 0 Å². The van der Waals surface area contributed by atoms with Crippen LogP contribution < -0.4 is 0 Å². The molecule has 1 aliphatic rings. The third-order valence-electron chi connectivity index (χ3n) is 13.3. The Balaban J connectivity index is 0.973. The van der Waals surface area contributed by atoms with E-state index in [9.17, 15) is 0 Å². The fourth-order valence-corrected chi connectivity index (χ4v) is 11.7. The largest absolute Gasteiger partial charge is 0.309 e. The third kappa shape index (κ3) is 4.70. The van der Waals surface area contributed by atoms with Crippen LogP contribution in [0, 0.1) is 0 Å². The van der Waals surface area contributed by atoms with E-state index in [1.165, 1.54) is 114 Å². The highest BCUT2D eigenvalue weighted by molar-refractivity contribution is 7.26. The first-order valence-electron chi connectivity index (χ1n) is 20.8. The number of aromatic nitrogens is 2. The summed E-state index contributed by atoms with van der Waals surface area (Å²) in [5, 5.41) is 7.75. The molecular formula is C57H38N2S. The van der Waals surface area contributed by atoms with Gasteiger partial charge in [-0.05, 0) is 106 Å². The van der Waals surface area contributed by atoms with Crippen LogP contribution in [-0.2, 0) is 5.41 Å². The van der Waals surface area contributed by atoms with Crippen LogP contribution in [-0.4, -0.2) is 9.13 Å². The number of nitrogens with zero attached hydrogens (tertiary/aromatic N) is 2. The first kappa shape index (κ1) is 33.7. The quantitative estimate of drug-likeness (QED) is 0.168. The zero-order valence-corrected chi connectivity index (χ0v) is 34.1. The lowest BCUT2D eigenvalue weighted by atomic mass is 9.81. The molecule has 0 atom stereocenters. The smallest absolute Gasteiger partial charge is 0.0547 e. The maximum atomic E-state index is 2.47. The average molecular weight is 783 g/mol. The summed E-state index contributed by atoms with van der Waals surface area (Å²) >= 11 is 1.93. The zero-order chi connectivity index (χ0) is 39.7. The Hall–Kier alpha value is -7.20. The van der Waals surface area contributed by atoms with E-state index in [0.29, 0.717) is 0 Å². The van der Waals surface area contributed by atoms with E-state index in [1.54, 1.807) is 0 Å². The van der Waals surface area contributed by atoms with E-state index in [2.05, 4.69) is 217 Å². The first-order valence-corrected chi connectivity index (χ1v) is 21.7. The van der Waals surface area contributed by atoms with Crippen molar-refractivity contribution in [1.82, 2.24) is 9.13 Å². The molecule has 3 heteroatoms. The van der Waals surface area contributed by atoms with Crippen LogP contribution in [0.15, 0.2) is 194 Å². The molecule has 0 aliphatic heterocycles. The van der Waals surface area contributed by atoms with Gasteiger partial charge in [0.25, 0.3) is 0 Å². The Morgan fingerprint density at radius 3 is 1.60 bits per heavy atom. The molecule has 0 saturated heterocycles. The summed E-state index contributed by atoms with van der Waals surface area (Å²) in [6.45, 7) is 4.79. The predicted molar refractivity (Wildman–Crippen MR) is 256 cm³/mol. The third-order valence-corrected chi connectivity index (χ3v) is 14.5. The molecule has 13 rings (SSSR count). The molecule has 3 heterocycles. The second kappa shape index (κ2) is 12.4. The highest BCUT2D eigenvalue weighted by atomic mass is 32.1. The van der Waals surface area contributed by atoms with E-state index in [4.69, 9.17) is 0 Å². The summed E-state index contributed by atoms with van der Waals surface area (Å²) in [5.74, 6) is 0. The number of fused-ring (bicyclic) bond motifs is 13. The van der Waals surface area contributed by atoms with Crippen LogP contribution in [0.25, 0.3) is 109 Å². The molecule has 60 heavy (non-hydrogen) atoms. The van der Waals surface area contributed by atoms with Gasteiger partial charge in [-0.2, -0.15) is 0 Å². The summed E-state index contributed by atoms with van der Waals surface area (Å²) in [6, 6.07) is 72.1. The molecule has 0 amide bonds. The molecule has 0 fully saturated rings. The Morgan fingerprint density at radius 1 is 0.367 bits per heavy atom. The molecular weight excluding hydrogens is 745 g/mol. The van der Waals surface area contributed by atoms with Crippen LogP contribution in [0.4, 0.5) is 0 Å². The Bertz CT molecular complexity index is 3730. The molecule has 0 radical (unpaired) electrons. The standard InChI is InChI=1S/C57H38N2S/c1-57(2)48-29-28-45-44-18-10-12-20-54(44)60-56(45)55(48)46-27-23-36(32-49(46)57)38-22-26-43-47-31-35(24-30-51(47)59(53(43)34-38)40-15-7-4-8-16-40)37-21-25-42-41-17-9-11-19-50(41)58(52(42)33-37)39-13-5-3-6-14-39/h3-34H,1-2H3. The van der Waals surface area contributed by atoms with Crippen molar-refractivity contribution in [1.29, 1.82) is 0 Å². The van der Waals surface area contributed by atoms with E-state index in [1.807, 2.05) is 11.3 Å². The highest BCUT2D eigenvalue weighted by Crippen LogP contribution is 2.54. The monoisotopic (exact) mass is 782 g/mol. The van der Waals surface area contributed by atoms with Crippen molar-refractivity contribution in [2.75, 3.05) is 0 Å². The summed E-state index contributed by atoms with van der Waals surface area (Å²) < 4.78 is 7.60. The minimum atomic E-state index is -0.108. The van der Waals surface area contributed by atoms with Gasteiger partial charge in [0.05, 0.1) is 22.1 Å². The molecule has 0 unspecified atom stereocenters. The molecule has 0 bridgehead atoms. The molecule has 9 aromatic carbocycles. The summed E-state index contributed by atoms with van der Waals surface area (Å²) in [7, 11) is 0. The van der Waals surface area contributed by atoms with Crippen LogP contribution >= 0.6 is 11.3 Å². The van der Waals surface area contributed by atoms with Crippen LogP contribution in [0.1, 0.15) is 25.0 Å². The van der Waals surface area contributed by atoms with Gasteiger partial charge < -0.3 is 9.13 Å². The Labute approximate surface area is 351 Å². The van der Waals surface area contributed by atoms with E-state index in [0.717, 1.165) is 5.69 Å². The lowest BCUT2D eigenvalue weighted by Crippen LogP contribution is -2.14. The van der Waals surface area contributed by atoms with Gasteiger partial charge in [0, 0.05) is 64.1 Å². The van der Waals surface area contributed by atoms with Gasteiger partial charge in [0.2, 0.25) is 0 Å². The highest BCUT2D eigenvalue weighted by Gasteiger charge is 2.37. The Morgan fingerprint density at radius 2 is 0.883 bits per heavy atom. The van der Waals surface area contributed by atoms with Crippen molar-refractivity contribution in [3.63, 3.8) is 0 Å². The lowest BCUT2D eigenvalue weighted by Gasteiger charge is -2.22. The van der Waals surface area contributed by atoms with E-state index < -0.39 is 0 Å². The SMILES string of the molecule is CC1(C)c2cc(-c3ccc4c5cc(-c6ccc7c8ccccc8n(-c8ccccc8)c7c6)ccc5n(-c5ccccc5)c4c3)ccc2-c2c1ccc1c2sc2ccccc21. The predicted octanol–water partition coefficient (Wildman–Crippen LogP) is 15.9. The normalized spacial score (nSPS) is 13.3. The number of hydrogen-bond acceptors (Lipinski definition) is 1. The summed E-state index contributed by atoms with van der Waals surface area (Å²) in [4.78, 5) is 0. The fourth-order valence-electron chi connectivity index (χ4n) is 10.4. The lowest BCUT2D eigenvalue weighted by molar-refractivity contribution is 0.661. The number of rotatable bonds is 4. The number of benzene rings is 9. The van der Waals surface area contributed by atoms with Gasteiger partial charge in [-0.25, -0.2) is 0 Å². The van der Waals surface area contributed by atoms with Gasteiger partial charge in [0.1, 0.15) is 0 Å². The minimum absolute atomic E-state index is 0.108. The molecule has 282 valence electrons. The molecule has 0 saturated carbocycles. The Kier molecular flexibility index (Phi) is 6.98. The van der Waals surface area contributed by atoms with Gasteiger partial charge in [-0.15, -0.1) is 11.3 Å². The van der Waals surface area contributed by atoms with Crippen molar-refractivity contribution in [2.45, 2.75) is 19.3 Å². The van der Waals surface area contributed by atoms with E-state index >= 15 is 0 Å². The fraction of sp³-hybridized carbons (Fsp3) is 0.0526. The van der Waals surface area contributed by atoms with Crippen LogP contribution in [0.2, 0.25) is 0 Å².